The number of ether oxygens (including phenoxy) is 1. The molecule has 7 heteroatoms. The summed E-state index contributed by atoms with van der Waals surface area (Å²) in [5, 5.41) is 2.48. The third kappa shape index (κ3) is 6.51. The summed E-state index contributed by atoms with van der Waals surface area (Å²) >= 11 is 0. The van der Waals surface area contributed by atoms with E-state index >= 15 is 0 Å². The van der Waals surface area contributed by atoms with Crippen LogP contribution in [0.1, 0.15) is 28.4 Å². The van der Waals surface area contributed by atoms with Gasteiger partial charge in [0.2, 0.25) is 0 Å². The Balaban J connectivity index is 1.83. The summed E-state index contributed by atoms with van der Waals surface area (Å²) in [6, 6.07) is 11.1. The van der Waals surface area contributed by atoms with E-state index in [1.165, 1.54) is 25.1 Å². The number of halogens is 3. The minimum absolute atomic E-state index is 0.0358. The second kappa shape index (κ2) is 8.90. The van der Waals surface area contributed by atoms with Crippen LogP contribution in [-0.2, 0) is 11.0 Å². The Hall–Kier alpha value is -3.27. The highest BCUT2D eigenvalue weighted by Gasteiger charge is 2.30. The molecule has 0 aliphatic rings. The quantitative estimate of drug-likeness (QED) is 0.643. The summed E-state index contributed by atoms with van der Waals surface area (Å²) in [5.41, 5.74) is -0.101. The zero-order valence-corrected chi connectivity index (χ0v) is 14.4. The van der Waals surface area contributed by atoms with Gasteiger partial charge >= 0.3 is 6.18 Å². The number of amides is 1. The van der Waals surface area contributed by atoms with Gasteiger partial charge < -0.3 is 10.1 Å². The Bertz CT molecular complexity index is 895. The van der Waals surface area contributed by atoms with Crippen LogP contribution < -0.4 is 10.1 Å². The Morgan fingerprint density at radius 1 is 1.11 bits per heavy atom. The molecule has 0 saturated heterocycles. The number of rotatable bonds is 5. The van der Waals surface area contributed by atoms with Crippen LogP contribution in [0.4, 0.5) is 13.2 Å². The van der Waals surface area contributed by atoms with Gasteiger partial charge in [-0.25, -0.2) is 0 Å². The van der Waals surface area contributed by atoms with Crippen molar-refractivity contribution in [3.8, 4) is 17.6 Å². The lowest BCUT2D eigenvalue weighted by atomic mass is 10.1. The molecule has 2 aromatic carbocycles. The van der Waals surface area contributed by atoms with Crippen molar-refractivity contribution in [3.05, 3.63) is 65.2 Å². The van der Waals surface area contributed by atoms with Crippen LogP contribution in [0.15, 0.2) is 48.5 Å². The van der Waals surface area contributed by atoms with E-state index in [2.05, 4.69) is 17.2 Å². The van der Waals surface area contributed by atoms with Crippen molar-refractivity contribution in [2.75, 3.05) is 13.2 Å². The predicted molar refractivity (Wildman–Crippen MR) is 93.3 cm³/mol. The maximum Gasteiger partial charge on any atom is 0.416 e. The van der Waals surface area contributed by atoms with Crippen LogP contribution in [0.2, 0.25) is 0 Å². The van der Waals surface area contributed by atoms with Crippen molar-refractivity contribution in [1.29, 1.82) is 0 Å². The maximum absolute atomic E-state index is 12.6. The highest BCUT2D eigenvalue weighted by molar-refractivity contribution is 5.94. The van der Waals surface area contributed by atoms with Gasteiger partial charge in [0.05, 0.1) is 12.1 Å². The molecule has 140 valence electrons. The number of ketones is 1. The molecule has 2 rings (SSSR count). The van der Waals surface area contributed by atoms with Crippen LogP contribution in [0, 0.1) is 11.8 Å². The van der Waals surface area contributed by atoms with Crippen molar-refractivity contribution in [3.63, 3.8) is 0 Å². The molecule has 0 radical (unpaired) electrons. The number of hydrogen-bond donors (Lipinski definition) is 1. The van der Waals surface area contributed by atoms with E-state index < -0.39 is 17.6 Å². The van der Waals surface area contributed by atoms with Gasteiger partial charge in [-0.1, -0.05) is 30.0 Å². The molecule has 2 aromatic rings. The molecule has 1 amide bonds. The number of nitrogens with one attached hydrogen (secondary N) is 1. The van der Waals surface area contributed by atoms with Crippen molar-refractivity contribution in [2.45, 2.75) is 13.1 Å². The van der Waals surface area contributed by atoms with Crippen molar-refractivity contribution in [1.82, 2.24) is 5.32 Å². The van der Waals surface area contributed by atoms with Gasteiger partial charge in [-0.05, 0) is 37.3 Å². The van der Waals surface area contributed by atoms with Gasteiger partial charge in [-0.3, -0.25) is 9.59 Å². The second-order valence-corrected chi connectivity index (χ2v) is 5.53. The van der Waals surface area contributed by atoms with Gasteiger partial charge in [0, 0.05) is 11.1 Å². The Labute approximate surface area is 154 Å². The minimum Gasteiger partial charge on any atom is -0.484 e. The first-order chi connectivity index (χ1) is 12.8. The van der Waals surface area contributed by atoms with E-state index in [1.807, 2.05) is 0 Å². The van der Waals surface area contributed by atoms with Crippen LogP contribution >= 0.6 is 0 Å². The number of alkyl halides is 3. The van der Waals surface area contributed by atoms with Crippen molar-refractivity contribution < 1.29 is 27.5 Å². The van der Waals surface area contributed by atoms with E-state index in [-0.39, 0.29) is 24.5 Å². The SMILES string of the molecule is CC(=O)c1cccc(OCC(=O)NCC#Cc2cccc(C(F)(F)F)c2)c1. The lowest BCUT2D eigenvalue weighted by Gasteiger charge is -2.07. The highest BCUT2D eigenvalue weighted by Crippen LogP contribution is 2.29. The molecule has 1 N–H and O–H groups in total. The standard InChI is InChI=1S/C20H16F3NO3/c1-14(25)16-7-3-9-18(12-16)27-13-19(26)24-10-4-6-15-5-2-8-17(11-15)20(21,22)23/h2-3,5,7-9,11-12H,10,13H2,1H3,(H,24,26). The molecule has 0 aliphatic heterocycles. The second-order valence-electron chi connectivity index (χ2n) is 5.53. The molecule has 0 atom stereocenters. The fourth-order valence-electron chi connectivity index (χ4n) is 2.07. The minimum atomic E-state index is -4.43. The van der Waals surface area contributed by atoms with Crippen LogP contribution in [0.25, 0.3) is 0 Å². The van der Waals surface area contributed by atoms with Gasteiger partial charge in [-0.2, -0.15) is 13.2 Å². The molecule has 0 aromatic heterocycles. The van der Waals surface area contributed by atoms with Crippen molar-refractivity contribution in [2.24, 2.45) is 0 Å². The highest BCUT2D eigenvalue weighted by atomic mass is 19.4. The molecule has 0 fully saturated rings. The first kappa shape index (κ1) is 20.0. The average molecular weight is 375 g/mol. The number of carbonyl (C=O) groups is 2. The van der Waals surface area contributed by atoms with E-state index in [0.717, 1.165) is 12.1 Å². The van der Waals surface area contributed by atoms with Crippen LogP contribution in [0.3, 0.4) is 0 Å². The normalized spacial score (nSPS) is 10.5. The number of Topliss-reactive ketones (excluding diaryl/α,β-unsaturated/α-hetero) is 1. The Kier molecular flexibility index (Phi) is 6.61. The third-order valence-electron chi connectivity index (χ3n) is 3.41. The lowest BCUT2D eigenvalue weighted by molar-refractivity contribution is -0.137. The largest absolute Gasteiger partial charge is 0.484 e. The predicted octanol–water partition coefficient (Wildman–Crippen LogP) is 3.45. The summed E-state index contributed by atoms with van der Waals surface area (Å²) < 4.78 is 43.1. The van der Waals surface area contributed by atoms with E-state index in [1.54, 1.807) is 18.2 Å². The maximum atomic E-state index is 12.6. The molecule has 0 bridgehead atoms. The Morgan fingerprint density at radius 2 is 1.85 bits per heavy atom. The zero-order chi connectivity index (χ0) is 19.9. The smallest absolute Gasteiger partial charge is 0.416 e. The molecule has 27 heavy (non-hydrogen) atoms. The molecule has 0 aliphatic carbocycles. The molecular formula is C20H16F3NO3. The van der Waals surface area contributed by atoms with Gasteiger partial charge in [0.15, 0.2) is 12.4 Å². The van der Waals surface area contributed by atoms with Gasteiger partial charge in [0.25, 0.3) is 5.91 Å². The van der Waals surface area contributed by atoms with E-state index in [0.29, 0.717) is 11.3 Å². The van der Waals surface area contributed by atoms with Gasteiger partial charge in [-0.15, -0.1) is 0 Å². The van der Waals surface area contributed by atoms with Crippen LogP contribution in [0.5, 0.6) is 5.75 Å². The number of hydrogen-bond acceptors (Lipinski definition) is 3. The first-order valence-electron chi connectivity index (χ1n) is 7.92. The summed E-state index contributed by atoms with van der Waals surface area (Å²) in [7, 11) is 0. The summed E-state index contributed by atoms with van der Waals surface area (Å²) in [6.07, 6.45) is -4.43. The molecule has 0 spiro atoms. The fraction of sp³-hybridized carbons (Fsp3) is 0.200. The monoisotopic (exact) mass is 375 g/mol. The van der Waals surface area contributed by atoms with E-state index in [4.69, 9.17) is 4.74 Å². The molecular weight excluding hydrogens is 359 g/mol. The number of benzene rings is 2. The van der Waals surface area contributed by atoms with Crippen molar-refractivity contribution >= 4 is 11.7 Å². The van der Waals surface area contributed by atoms with E-state index in [9.17, 15) is 22.8 Å². The molecule has 0 unspecified atom stereocenters. The van der Waals surface area contributed by atoms with Gasteiger partial charge in [0.1, 0.15) is 5.75 Å². The summed E-state index contributed by atoms with van der Waals surface area (Å²) in [6.45, 7) is 1.12. The van der Waals surface area contributed by atoms with Crippen LogP contribution in [-0.4, -0.2) is 24.8 Å². The molecule has 0 heterocycles. The molecule has 4 nitrogen and oxygen atoms in total. The topological polar surface area (TPSA) is 55.4 Å². The summed E-state index contributed by atoms with van der Waals surface area (Å²) in [4.78, 5) is 23.0. The fourth-order valence-corrected chi connectivity index (χ4v) is 2.07. The average Bonchev–Trinajstić information content (AvgIpc) is 2.63. The molecule has 0 saturated carbocycles. The first-order valence-corrected chi connectivity index (χ1v) is 7.92. The summed E-state index contributed by atoms with van der Waals surface area (Å²) in [5.74, 6) is 4.97. The zero-order valence-electron chi connectivity index (χ0n) is 14.4. The number of carbonyl (C=O) groups excluding carboxylic acids is 2. The Morgan fingerprint density at radius 3 is 2.56 bits per heavy atom. The lowest BCUT2D eigenvalue weighted by Crippen LogP contribution is -2.29. The third-order valence-corrected chi connectivity index (χ3v) is 3.41.